The highest BCUT2D eigenvalue weighted by Crippen LogP contribution is 2.32. The summed E-state index contributed by atoms with van der Waals surface area (Å²) in [6, 6.07) is 2.17. The number of rotatable bonds is 2. The number of piperidine rings is 1. The molecule has 1 fully saturated rings. The molecule has 118 valence electrons. The first kappa shape index (κ1) is 15.7. The zero-order valence-corrected chi connectivity index (χ0v) is 14.8. The molecule has 2 aliphatic heterocycles. The van der Waals surface area contributed by atoms with Gasteiger partial charge in [0, 0.05) is 30.4 Å². The van der Waals surface area contributed by atoms with Crippen molar-refractivity contribution < 1.29 is 9.59 Å². The van der Waals surface area contributed by atoms with Crippen LogP contribution in [0.15, 0.2) is 22.5 Å². The smallest absolute Gasteiger partial charge is 0.245 e. The lowest BCUT2D eigenvalue weighted by Crippen LogP contribution is -2.45. The van der Waals surface area contributed by atoms with Gasteiger partial charge in [-0.15, -0.1) is 11.3 Å². The Morgan fingerprint density at radius 1 is 1.27 bits per heavy atom. The number of halogens is 1. The van der Waals surface area contributed by atoms with E-state index in [2.05, 4.69) is 28.6 Å². The number of amides is 2. The van der Waals surface area contributed by atoms with Crippen molar-refractivity contribution in [2.75, 3.05) is 19.6 Å². The van der Waals surface area contributed by atoms with Crippen LogP contribution in [0, 0.1) is 5.92 Å². The molecular weight excluding hydrogens is 364 g/mol. The van der Waals surface area contributed by atoms with E-state index >= 15 is 0 Å². The molecule has 2 aliphatic rings. The highest BCUT2D eigenvalue weighted by Gasteiger charge is 2.31. The third-order valence-electron chi connectivity index (χ3n) is 4.49. The summed E-state index contributed by atoms with van der Waals surface area (Å²) in [6.07, 6.45) is 3.81. The van der Waals surface area contributed by atoms with E-state index in [1.807, 2.05) is 4.90 Å². The van der Waals surface area contributed by atoms with Gasteiger partial charge in [-0.2, -0.15) is 0 Å². The fourth-order valence-corrected chi connectivity index (χ4v) is 5.02. The van der Waals surface area contributed by atoms with Gasteiger partial charge in [-0.3, -0.25) is 9.59 Å². The molecule has 22 heavy (non-hydrogen) atoms. The number of fused-ring (bicyclic) bond motifs is 1. The third-order valence-corrected chi connectivity index (χ3v) is 6.16. The first-order valence-corrected chi connectivity index (χ1v) is 9.16. The van der Waals surface area contributed by atoms with Gasteiger partial charge >= 0.3 is 0 Å². The molecule has 0 atom stereocenters. The first-order chi connectivity index (χ1) is 10.6. The standard InChI is InChI=1S/C16H19BrN2O2S/c1-2-15(20)18-6-3-11(4-7-18)16(21)19-8-5-12-9-14(17)22-13(12)10-19/h2,9,11H,1,3-8,10H2. The zero-order chi connectivity index (χ0) is 15.7. The van der Waals surface area contributed by atoms with E-state index in [9.17, 15) is 9.59 Å². The Labute approximate surface area is 142 Å². The average molecular weight is 383 g/mol. The fraction of sp³-hybridized carbons (Fsp3) is 0.500. The van der Waals surface area contributed by atoms with E-state index in [0.717, 1.165) is 36.1 Å². The van der Waals surface area contributed by atoms with Crippen LogP contribution in [0.3, 0.4) is 0 Å². The molecule has 0 bridgehead atoms. The molecule has 3 heterocycles. The van der Waals surface area contributed by atoms with Crippen molar-refractivity contribution in [3.63, 3.8) is 0 Å². The highest BCUT2D eigenvalue weighted by atomic mass is 79.9. The molecular formula is C16H19BrN2O2S. The van der Waals surface area contributed by atoms with Crippen molar-refractivity contribution >= 4 is 39.1 Å². The maximum atomic E-state index is 12.7. The molecule has 0 radical (unpaired) electrons. The monoisotopic (exact) mass is 382 g/mol. The van der Waals surface area contributed by atoms with Crippen LogP contribution >= 0.6 is 27.3 Å². The molecule has 0 unspecified atom stereocenters. The Kier molecular flexibility index (Phi) is 4.68. The summed E-state index contributed by atoms with van der Waals surface area (Å²) >= 11 is 5.25. The summed E-state index contributed by atoms with van der Waals surface area (Å²) in [5.74, 6) is 0.275. The van der Waals surface area contributed by atoms with Gasteiger partial charge in [0.15, 0.2) is 0 Å². The van der Waals surface area contributed by atoms with Crippen molar-refractivity contribution in [3.8, 4) is 0 Å². The summed E-state index contributed by atoms with van der Waals surface area (Å²) in [5, 5.41) is 0. The first-order valence-electron chi connectivity index (χ1n) is 7.55. The SMILES string of the molecule is C=CC(=O)N1CCC(C(=O)N2CCc3cc(Br)sc3C2)CC1. The largest absolute Gasteiger partial charge is 0.339 e. The maximum Gasteiger partial charge on any atom is 0.245 e. The van der Waals surface area contributed by atoms with E-state index in [1.165, 1.54) is 16.5 Å². The quantitative estimate of drug-likeness (QED) is 0.737. The predicted octanol–water partition coefficient (Wildman–Crippen LogP) is 2.82. The van der Waals surface area contributed by atoms with Crippen LogP contribution in [0.2, 0.25) is 0 Å². The molecule has 1 aromatic heterocycles. The maximum absolute atomic E-state index is 12.7. The zero-order valence-electron chi connectivity index (χ0n) is 12.4. The second kappa shape index (κ2) is 6.54. The van der Waals surface area contributed by atoms with Gasteiger partial charge in [-0.1, -0.05) is 6.58 Å². The number of nitrogens with zero attached hydrogens (tertiary/aromatic N) is 2. The number of hydrogen-bond acceptors (Lipinski definition) is 3. The van der Waals surface area contributed by atoms with Crippen LogP contribution in [0.25, 0.3) is 0 Å². The van der Waals surface area contributed by atoms with E-state index in [1.54, 1.807) is 16.2 Å². The molecule has 3 rings (SSSR count). The van der Waals surface area contributed by atoms with Crippen LogP contribution in [-0.4, -0.2) is 41.2 Å². The Morgan fingerprint density at radius 3 is 2.68 bits per heavy atom. The second-order valence-corrected chi connectivity index (χ2v) is 8.33. The number of hydrogen-bond donors (Lipinski definition) is 0. The van der Waals surface area contributed by atoms with Crippen LogP contribution in [0.4, 0.5) is 0 Å². The van der Waals surface area contributed by atoms with Gasteiger partial charge in [0.2, 0.25) is 11.8 Å². The van der Waals surface area contributed by atoms with Crippen LogP contribution in [0.1, 0.15) is 23.3 Å². The normalized spacial score (nSPS) is 19.0. The molecule has 6 heteroatoms. The van der Waals surface area contributed by atoms with Crippen LogP contribution in [0.5, 0.6) is 0 Å². The van der Waals surface area contributed by atoms with Gasteiger partial charge in [0.05, 0.1) is 10.3 Å². The minimum Gasteiger partial charge on any atom is -0.339 e. The van der Waals surface area contributed by atoms with Gasteiger partial charge in [0.1, 0.15) is 0 Å². The third kappa shape index (κ3) is 3.13. The minimum atomic E-state index is -0.0306. The van der Waals surface area contributed by atoms with E-state index in [0.29, 0.717) is 13.1 Å². The number of likely N-dealkylation sites (tertiary alicyclic amines) is 1. The van der Waals surface area contributed by atoms with Crippen molar-refractivity contribution in [3.05, 3.63) is 32.9 Å². The molecule has 0 spiro atoms. The van der Waals surface area contributed by atoms with Gasteiger partial charge < -0.3 is 9.80 Å². The molecule has 1 aromatic rings. The molecule has 0 aliphatic carbocycles. The number of thiophene rings is 1. The summed E-state index contributed by atoms with van der Waals surface area (Å²) < 4.78 is 1.14. The Balaban J connectivity index is 1.59. The van der Waals surface area contributed by atoms with Crippen LogP contribution in [-0.2, 0) is 22.6 Å². The summed E-state index contributed by atoms with van der Waals surface area (Å²) in [6.45, 7) is 6.37. The summed E-state index contributed by atoms with van der Waals surface area (Å²) in [5.41, 5.74) is 1.37. The van der Waals surface area contributed by atoms with Crippen molar-refractivity contribution in [2.45, 2.75) is 25.8 Å². The Morgan fingerprint density at radius 2 is 2.00 bits per heavy atom. The van der Waals surface area contributed by atoms with E-state index in [-0.39, 0.29) is 17.7 Å². The minimum absolute atomic E-state index is 0.0306. The van der Waals surface area contributed by atoms with Crippen molar-refractivity contribution in [1.82, 2.24) is 9.80 Å². The molecule has 0 saturated carbocycles. The lowest BCUT2D eigenvalue weighted by Gasteiger charge is -2.35. The Bertz CT molecular complexity index is 605. The topological polar surface area (TPSA) is 40.6 Å². The molecule has 2 amide bonds. The van der Waals surface area contributed by atoms with Gasteiger partial charge in [0.25, 0.3) is 0 Å². The molecule has 1 saturated heterocycles. The Hall–Kier alpha value is -1.14. The average Bonchev–Trinajstić information content (AvgIpc) is 2.92. The second-order valence-electron chi connectivity index (χ2n) is 5.81. The lowest BCUT2D eigenvalue weighted by molar-refractivity contribution is -0.140. The molecule has 0 aromatic carbocycles. The fourth-order valence-electron chi connectivity index (χ4n) is 3.21. The van der Waals surface area contributed by atoms with E-state index in [4.69, 9.17) is 0 Å². The number of carbonyl (C=O) groups excluding carboxylic acids is 2. The highest BCUT2D eigenvalue weighted by molar-refractivity contribution is 9.11. The lowest BCUT2D eigenvalue weighted by atomic mass is 9.94. The van der Waals surface area contributed by atoms with Gasteiger partial charge in [-0.25, -0.2) is 0 Å². The number of carbonyl (C=O) groups is 2. The van der Waals surface area contributed by atoms with Crippen LogP contribution < -0.4 is 0 Å². The van der Waals surface area contributed by atoms with Gasteiger partial charge in [-0.05, 0) is 52.9 Å². The van der Waals surface area contributed by atoms with Crippen molar-refractivity contribution in [1.29, 1.82) is 0 Å². The molecule has 0 N–H and O–H groups in total. The van der Waals surface area contributed by atoms with Crippen molar-refractivity contribution in [2.24, 2.45) is 5.92 Å². The predicted molar refractivity (Wildman–Crippen MR) is 90.6 cm³/mol. The molecule has 4 nitrogen and oxygen atoms in total. The summed E-state index contributed by atoms with van der Waals surface area (Å²) in [4.78, 5) is 29.4. The van der Waals surface area contributed by atoms with E-state index < -0.39 is 0 Å². The summed E-state index contributed by atoms with van der Waals surface area (Å²) in [7, 11) is 0.